The number of aliphatic hydroxyl groups is 1. The van der Waals surface area contributed by atoms with Crippen molar-refractivity contribution in [1.29, 1.82) is 0 Å². The fourth-order valence-electron chi connectivity index (χ4n) is 2.28. The molecule has 1 aliphatic heterocycles. The van der Waals surface area contributed by atoms with Crippen LogP contribution in [0.15, 0.2) is 18.2 Å². The summed E-state index contributed by atoms with van der Waals surface area (Å²) in [7, 11) is 0. The first-order valence-electron chi connectivity index (χ1n) is 5.98. The van der Waals surface area contributed by atoms with Crippen molar-refractivity contribution >= 4 is 17.6 Å². The van der Waals surface area contributed by atoms with Crippen molar-refractivity contribution in [2.45, 2.75) is 25.5 Å². The van der Waals surface area contributed by atoms with Gasteiger partial charge in [0.25, 0.3) is 5.91 Å². The molecule has 0 aliphatic carbocycles. The van der Waals surface area contributed by atoms with Crippen LogP contribution in [0.5, 0.6) is 0 Å². The lowest BCUT2D eigenvalue weighted by atomic mass is 10.1. The predicted octanol–water partition coefficient (Wildman–Crippen LogP) is 0.237. The third-order valence-electron chi connectivity index (χ3n) is 3.26. The fraction of sp³-hybridized carbons (Fsp3) is 0.385. The van der Waals surface area contributed by atoms with Gasteiger partial charge in [0.05, 0.1) is 11.7 Å². The van der Waals surface area contributed by atoms with Crippen molar-refractivity contribution in [3.8, 4) is 0 Å². The van der Waals surface area contributed by atoms with Crippen molar-refractivity contribution < 1.29 is 19.8 Å². The Morgan fingerprint density at radius 1 is 1.42 bits per heavy atom. The van der Waals surface area contributed by atoms with Crippen molar-refractivity contribution in [3.63, 3.8) is 0 Å². The number of likely N-dealkylation sites (tertiary alicyclic amines) is 1. The number of benzene rings is 1. The van der Waals surface area contributed by atoms with E-state index in [4.69, 9.17) is 10.8 Å². The van der Waals surface area contributed by atoms with Crippen LogP contribution in [0.25, 0.3) is 0 Å². The van der Waals surface area contributed by atoms with Gasteiger partial charge in [0, 0.05) is 18.7 Å². The molecule has 0 saturated carbocycles. The number of nitrogens with two attached hydrogens (primary N) is 1. The largest absolute Gasteiger partial charge is 0.480 e. The molecule has 1 aromatic carbocycles. The number of rotatable bonds is 2. The first kappa shape index (κ1) is 13.4. The molecule has 1 heterocycles. The van der Waals surface area contributed by atoms with Gasteiger partial charge in [-0.15, -0.1) is 0 Å². The Bertz CT molecular complexity index is 529. The first-order chi connectivity index (χ1) is 8.90. The molecule has 4 N–H and O–H groups in total. The molecule has 6 heteroatoms. The number of hydrogen-bond acceptors (Lipinski definition) is 4. The number of aryl methyl sites for hydroxylation is 1. The van der Waals surface area contributed by atoms with Crippen LogP contribution < -0.4 is 5.73 Å². The minimum Gasteiger partial charge on any atom is -0.480 e. The van der Waals surface area contributed by atoms with E-state index in [1.807, 2.05) is 6.92 Å². The molecule has 0 aromatic heterocycles. The highest BCUT2D eigenvalue weighted by Crippen LogP contribution is 2.23. The highest BCUT2D eigenvalue weighted by molar-refractivity contribution is 6.01. The molecule has 0 spiro atoms. The number of amides is 1. The van der Waals surface area contributed by atoms with Gasteiger partial charge in [0.2, 0.25) is 0 Å². The number of hydrogen-bond donors (Lipinski definition) is 3. The number of anilines is 1. The SMILES string of the molecule is Cc1ccc(N)c(C(=O)N2C[C@H](O)C[C@H]2C(=O)O)c1. The highest BCUT2D eigenvalue weighted by atomic mass is 16.4. The summed E-state index contributed by atoms with van der Waals surface area (Å²) in [5.41, 5.74) is 7.21. The monoisotopic (exact) mass is 264 g/mol. The summed E-state index contributed by atoms with van der Waals surface area (Å²) in [5, 5.41) is 18.6. The van der Waals surface area contributed by atoms with Crippen LogP contribution in [0.3, 0.4) is 0 Å². The zero-order chi connectivity index (χ0) is 14.2. The molecule has 0 bridgehead atoms. The molecule has 1 fully saturated rings. The molecule has 2 atom stereocenters. The number of aliphatic carboxylic acids is 1. The number of nitrogen functional groups attached to an aromatic ring is 1. The topological polar surface area (TPSA) is 104 Å². The van der Waals surface area contributed by atoms with Gasteiger partial charge >= 0.3 is 5.97 Å². The Balaban J connectivity index is 2.33. The lowest BCUT2D eigenvalue weighted by molar-refractivity contribution is -0.141. The van der Waals surface area contributed by atoms with Crippen molar-refractivity contribution in [3.05, 3.63) is 29.3 Å². The predicted molar refractivity (Wildman–Crippen MR) is 68.7 cm³/mol. The summed E-state index contributed by atoms with van der Waals surface area (Å²) >= 11 is 0. The number of carboxylic acid groups (broad SMARTS) is 1. The van der Waals surface area contributed by atoms with E-state index in [1.54, 1.807) is 18.2 Å². The number of nitrogens with zero attached hydrogens (tertiary/aromatic N) is 1. The van der Waals surface area contributed by atoms with E-state index in [9.17, 15) is 14.7 Å². The van der Waals surface area contributed by atoms with Crippen molar-refractivity contribution in [1.82, 2.24) is 4.90 Å². The maximum absolute atomic E-state index is 12.4. The fourth-order valence-corrected chi connectivity index (χ4v) is 2.28. The molecule has 1 amide bonds. The lowest BCUT2D eigenvalue weighted by Gasteiger charge is -2.22. The van der Waals surface area contributed by atoms with Gasteiger partial charge in [-0.3, -0.25) is 4.79 Å². The second kappa shape index (κ2) is 4.89. The second-order valence-electron chi connectivity index (χ2n) is 4.79. The summed E-state index contributed by atoms with van der Waals surface area (Å²) in [6.07, 6.45) is -0.761. The van der Waals surface area contributed by atoms with Crippen LogP contribution in [-0.2, 0) is 4.79 Å². The third-order valence-corrected chi connectivity index (χ3v) is 3.26. The molecular weight excluding hydrogens is 248 g/mol. The average Bonchev–Trinajstić information content (AvgIpc) is 2.74. The van der Waals surface area contributed by atoms with E-state index in [1.165, 1.54) is 0 Å². The van der Waals surface area contributed by atoms with Gasteiger partial charge in [0.15, 0.2) is 0 Å². The Morgan fingerprint density at radius 2 is 2.11 bits per heavy atom. The maximum Gasteiger partial charge on any atom is 0.326 e. The van der Waals surface area contributed by atoms with Gasteiger partial charge < -0.3 is 20.8 Å². The molecule has 1 aromatic rings. The van der Waals surface area contributed by atoms with E-state index in [2.05, 4.69) is 0 Å². The van der Waals surface area contributed by atoms with Gasteiger partial charge in [-0.25, -0.2) is 4.79 Å². The van der Waals surface area contributed by atoms with Gasteiger partial charge in [-0.05, 0) is 19.1 Å². The van der Waals surface area contributed by atoms with Gasteiger partial charge in [0.1, 0.15) is 6.04 Å². The van der Waals surface area contributed by atoms with E-state index >= 15 is 0 Å². The standard InChI is InChI=1S/C13H16N2O4/c1-7-2-3-10(14)9(4-7)12(17)15-6-8(16)5-11(15)13(18)19/h2-4,8,11,16H,5-6,14H2,1H3,(H,18,19)/t8-,11+/m1/s1. The zero-order valence-electron chi connectivity index (χ0n) is 10.5. The van der Waals surface area contributed by atoms with Crippen LogP contribution in [0.4, 0.5) is 5.69 Å². The quantitative estimate of drug-likeness (QED) is 0.664. The normalized spacial score (nSPS) is 22.5. The van der Waals surface area contributed by atoms with E-state index in [0.717, 1.165) is 10.5 Å². The Hall–Kier alpha value is -2.08. The van der Waals surface area contributed by atoms with Crippen LogP contribution >= 0.6 is 0 Å². The molecular formula is C13H16N2O4. The molecule has 6 nitrogen and oxygen atoms in total. The Kier molecular flexibility index (Phi) is 3.44. The van der Waals surface area contributed by atoms with Crippen molar-refractivity contribution in [2.24, 2.45) is 0 Å². The molecule has 0 radical (unpaired) electrons. The molecule has 0 unspecified atom stereocenters. The number of aliphatic hydroxyl groups excluding tert-OH is 1. The van der Waals surface area contributed by atoms with Crippen molar-refractivity contribution in [2.75, 3.05) is 12.3 Å². The minimum atomic E-state index is -1.11. The van der Waals surface area contributed by atoms with Gasteiger partial charge in [-0.1, -0.05) is 11.6 Å². The highest BCUT2D eigenvalue weighted by Gasteiger charge is 2.39. The summed E-state index contributed by atoms with van der Waals surface area (Å²) < 4.78 is 0. The van der Waals surface area contributed by atoms with Gasteiger partial charge in [-0.2, -0.15) is 0 Å². The maximum atomic E-state index is 12.4. The summed E-state index contributed by atoms with van der Waals surface area (Å²) in [4.78, 5) is 24.6. The second-order valence-corrected chi connectivity index (χ2v) is 4.79. The number of carbonyl (C=O) groups excluding carboxylic acids is 1. The molecule has 102 valence electrons. The minimum absolute atomic E-state index is 0.0170. The zero-order valence-corrected chi connectivity index (χ0v) is 10.5. The van der Waals surface area contributed by atoms with E-state index < -0.39 is 24.0 Å². The smallest absolute Gasteiger partial charge is 0.326 e. The lowest BCUT2D eigenvalue weighted by Crippen LogP contribution is -2.40. The van der Waals surface area contributed by atoms with Crippen LogP contribution in [0.2, 0.25) is 0 Å². The summed E-state index contributed by atoms with van der Waals surface area (Å²) in [6, 6.07) is 4.02. The molecule has 2 rings (SSSR count). The number of carbonyl (C=O) groups is 2. The first-order valence-corrected chi connectivity index (χ1v) is 5.98. The molecule has 1 aliphatic rings. The molecule has 1 saturated heterocycles. The average molecular weight is 264 g/mol. The van der Waals surface area contributed by atoms with Crippen LogP contribution in [-0.4, -0.2) is 45.7 Å². The molecule has 19 heavy (non-hydrogen) atoms. The van der Waals surface area contributed by atoms with Crippen LogP contribution in [0, 0.1) is 6.92 Å². The van der Waals surface area contributed by atoms with Crippen LogP contribution in [0.1, 0.15) is 22.3 Å². The number of carboxylic acids is 1. The summed E-state index contributed by atoms with van der Waals surface area (Å²) in [6.45, 7) is 1.84. The van der Waals surface area contributed by atoms with E-state index in [0.29, 0.717) is 5.69 Å². The number of β-amino-alcohol motifs (C(OH)–C–C–N with tert-alkyl or cyclic N) is 1. The Labute approximate surface area is 110 Å². The third kappa shape index (κ3) is 2.53. The van der Waals surface area contributed by atoms with E-state index in [-0.39, 0.29) is 18.5 Å². The Morgan fingerprint density at radius 3 is 2.74 bits per heavy atom. The summed E-state index contributed by atoms with van der Waals surface area (Å²) in [5.74, 6) is -1.57.